The number of carbonyl (C=O) groups is 1. The van der Waals surface area contributed by atoms with Gasteiger partial charge in [-0.05, 0) is 57.4 Å². The zero-order chi connectivity index (χ0) is 11.3. The van der Waals surface area contributed by atoms with Gasteiger partial charge in [-0.25, -0.2) is 0 Å². The lowest BCUT2D eigenvalue weighted by molar-refractivity contribution is -0.105. The molecular formula is C13H22O2. The second-order valence-corrected chi connectivity index (χ2v) is 5.22. The largest absolute Gasteiger partial charge is 0.390 e. The predicted octanol–water partition coefficient (Wildman–Crippen LogP) is 2.85. The molecule has 1 aliphatic rings. The quantitative estimate of drug-likeness (QED) is 0.708. The molecule has 0 fully saturated rings. The molecule has 2 nitrogen and oxygen atoms in total. The van der Waals surface area contributed by atoms with Crippen LogP contribution in [0.5, 0.6) is 0 Å². The molecule has 0 spiro atoms. The first-order valence-electron chi connectivity index (χ1n) is 5.89. The van der Waals surface area contributed by atoms with Crippen LogP contribution in [0.1, 0.15) is 52.4 Å². The molecule has 0 aromatic heterocycles. The third-order valence-corrected chi connectivity index (χ3v) is 3.01. The summed E-state index contributed by atoms with van der Waals surface area (Å²) in [6.07, 6.45) is 9.38. The highest BCUT2D eigenvalue weighted by atomic mass is 16.3. The fraction of sp³-hybridized carbons (Fsp3) is 0.769. The minimum absolute atomic E-state index is 0.550. The third-order valence-electron chi connectivity index (χ3n) is 3.01. The van der Waals surface area contributed by atoms with Crippen molar-refractivity contribution < 1.29 is 9.90 Å². The second kappa shape index (κ2) is 5.45. The lowest BCUT2D eigenvalue weighted by atomic mass is 9.86. The van der Waals surface area contributed by atoms with Gasteiger partial charge < -0.3 is 5.11 Å². The predicted molar refractivity (Wildman–Crippen MR) is 61.6 cm³/mol. The molecule has 1 aliphatic carbocycles. The van der Waals surface area contributed by atoms with Gasteiger partial charge in [0, 0.05) is 0 Å². The van der Waals surface area contributed by atoms with Crippen molar-refractivity contribution in [2.75, 3.05) is 0 Å². The highest BCUT2D eigenvalue weighted by Gasteiger charge is 2.16. The Morgan fingerprint density at radius 2 is 2.33 bits per heavy atom. The summed E-state index contributed by atoms with van der Waals surface area (Å²) in [5.41, 5.74) is 0.417. The minimum Gasteiger partial charge on any atom is -0.390 e. The van der Waals surface area contributed by atoms with E-state index < -0.39 is 5.60 Å². The van der Waals surface area contributed by atoms with Crippen molar-refractivity contribution in [1.29, 1.82) is 0 Å². The van der Waals surface area contributed by atoms with E-state index in [1.54, 1.807) is 0 Å². The molecule has 1 atom stereocenters. The average molecular weight is 210 g/mol. The van der Waals surface area contributed by atoms with Crippen LogP contribution in [0.25, 0.3) is 0 Å². The summed E-state index contributed by atoms with van der Waals surface area (Å²) in [5, 5.41) is 9.57. The average Bonchev–Trinajstić information content (AvgIpc) is 2.16. The van der Waals surface area contributed by atoms with Crippen LogP contribution in [0.2, 0.25) is 0 Å². The molecule has 0 heterocycles. The third kappa shape index (κ3) is 5.12. The highest BCUT2D eigenvalue weighted by molar-refractivity contribution is 5.73. The smallest absolute Gasteiger partial charge is 0.145 e. The number of carbonyl (C=O) groups excluding carboxylic acids is 1. The van der Waals surface area contributed by atoms with Gasteiger partial charge in [0.1, 0.15) is 6.29 Å². The molecule has 0 saturated carbocycles. The molecule has 0 amide bonds. The van der Waals surface area contributed by atoms with E-state index in [4.69, 9.17) is 0 Å². The molecule has 0 radical (unpaired) electrons. The van der Waals surface area contributed by atoms with Crippen LogP contribution in [0, 0.1) is 5.92 Å². The van der Waals surface area contributed by atoms with Crippen molar-refractivity contribution in [1.82, 2.24) is 0 Å². The fourth-order valence-electron chi connectivity index (χ4n) is 2.16. The Bertz CT molecular complexity index is 235. The van der Waals surface area contributed by atoms with Crippen molar-refractivity contribution in [2.45, 2.75) is 58.0 Å². The molecule has 1 unspecified atom stereocenters. The SMILES string of the molecule is CC(C)(O)CCCC1C=C(C=O)CCC1. The van der Waals surface area contributed by atoms with E-state index in [0.717, 1.165) is 44.0 Å². The highest BCUT2D eigenvalue weighted by Crippen LogP contribution is 2.26. The Kier molecular flexibility index (Phi) is 4.52. The zero-order valence-electron chi connectivity index (χ0n) is 9.83. The molecule has 0 aliphatic heterocycles. The van der Waals surface area contributed by atoms with Crippen molar-refractivity contribution in [3.63, 3.8) is 0 Å². The maximum atomic E-state index is 10.6. The van der Waals surface area contributed by atoms with Gasteiger partial charge in [-0.15, -0.1) is 0 Å². The number of aliphatic hydroxyl groups is 1. The van der Waals surface area contributed by atoms with E-state index in [2.05, 4.69) is 6.08 Å². The van der Waals surface area contributed by atoms with Gasteiger partial charge in [-0.3, -0.25) is 4.79 Å². The lowest BCUT2D eigenvalue weighted by Gasteiger charge is -2.21. The van der Waals surface area contributed by atoms with Gasteiger partial charge in [0.05, 0.1) is 5.60 Å². The van der Waals surface area contributed by atoms with E-state index in [-0.39, 0.29) is 0 Å². The zero-order valence-corrected chi connectivity index (χ0v) is 9.83. The van der Waals surface area contributed by atoms with Crippen LogP contribution in [-0.2, 0) is 4.79 Å². The Balaban J connectivity index is 2.30. The molecule has 0 saturated heterocycles. The number of allylic oxidation sites excluding steroid dienone is 2. The standard InChI is InChI=1S/C13H22O2/c1-13(2,15)8-4-7-11-5-3-6-12(9-11)10-14/h9-11,15H,3-8H2,1-2H3. The Morgan fingerprint density at radius 1 is 1.60 bits per heavy atom. The maximum Gasteiger partial charge on any atom is 0.145 e. The molecule has 1 rings (SSSR count). The first-order chi connectivity index (χ1) is 7.01. The maximum absolute atomic E-state index is 10.6. The normalized spacial score (nSPS) is 22.3. The van der Waals surface area contributed by atoms with Crippen LogP contribution in [0.4, 0.5) is 0 Å². The van der Waals surface area contributed by atoms with E-state index in [0.29, 0.717) is 5.92 Å². The van der Waals surface area contributed by atoms with Gasteiger partial charge in [-0.2, -0.15) is 0 Å². The lowest BCUT2D eigenvalue weighted by Crippen LogP contribution is -2.18. The Morgan fingerprint density at radius 3 is 2.93 bits per heavy atom. The first-order valence-corrected chi connectivity index (χ1v) is 5.89. The van der Waals surface area contributed by atoms with E-state index in [1.165, 1.54) is 6.42 Å². The molecule has 0 aromatic carbocycles. The topological polar surface area (TPSA) is 37.3 Å². The van der Waals surface area contributed by atoms with Gasteiger partial charge >= 0.3 is 0 Å². The van der Waals surface area contributed by atoms with E-state index >= 15 is 0 Å². The molecule has 0 aromatic rings. The molecule has 15 heavy (non-hydrogen) atoms. The second-order valence-electron chi connectivity index (χ2n) is 5.22. The monoisotopic (exact) mass is 210 g/mol. The van der Waals surface area contributed by atoms with Crippen molar-refractivity contribution >= 4 is 6.29 Å². The summed E-state index contributed by atoms with van der Waals surface area (Å²) >= 11 is 0. The number of aldehydes is 1. The van der Waals surface area contributed by atoms with E-state index in [9.17, 15) is 9.90 Å². The van der Waals surface area contributed by atoms with Crippen molar-refractivity contribution in [3.05, 3.63) is 11.6 Å². The molecule has 2 heteroatoms. The van der Waals surface area contributed by atoms with Gasteiger partial charge in [-0.1, -0.05) is 12.5 Å². The van der Waals surface area contributed by atoms with Crippen molar-refractivity contribution in [2.24, 2.45) is 5.92 Å². The minimum atomic E-state index is -0.550. The summed E-state index contributed by atoms with van der Waals surface area (Å²) in [6.45, 7) is 3.70. The van der Waals surface area contributed by atoms with Crippen LogP contribution < -0.4 is 0 Å². The summed E-state index contributed by atoms with van der Waals surface area (Å²) in [6, 6.07) is 0. The summed E-state index contributed by atoms with van der Waals surface area (Å²) in [5.74, 6) is 0.557. The van der Waals surface area contributed by atoms with Gasteiger partial charge in [0.25, 0.3) is 0 Å². The molecule has 1 N–H and O–H groups in total. The van der Waals surface area contributed by atoms with Crippen molar-refractivity contribution in [3.8, 4) is 0 Å². The number of hydrogen-bond acceptors (Lipinski definition) is 2. The Labute approximate surface area is 92.4 Å². The Hall–Kier alpha value is -0.630. The van der Waals surface area contributed by atoms with Gasteiger partial charge in [0.2, 0.25) is 0 Å². The summed E-state index contributed by atoms with van der Waals surface area (Å²) in [4.78, 5) is 10.6. The van der Waals surface area contributed by atoms with Crippen LogP contribution in [-0.4, -0.2) is 17.0 Å². The first kappa shape index (κ1) is 12.4. The number of hydrogen-bond donors (Lipinski definition) is 1. The van der Waals surface area contributed by atoms with Crippen LogP contribution in [0.3, 0.4) is 0 Å². The number of rotatable bonds is 5. The fourth-order valence-corrected chi connectivity index (χ4v) is 2.16. The summed E-state index contributed by atoms with van der Waals surface area (Å²) < 4.78 is 0. The molecule has 0 bridgehead atoms. The van der Waals surface area contributed by atoms with Crippen LogP contribution in [0.15, 0.2) is 11.6 Å². The van der Waals surface area contributed by atoms with Gasteiger partial charge in [0.15, 0.2) is 0 Å². The van der Waals surface area contributed by atoms with Crippen LogP contribution >= 0.6 is 0 Å². The molecular weight excluding hydrogens is 188 g/mol. The van der Waals surface area contributed by atoms with E-state index in [1.807, 2.05) is 13.8 Å². The summed E-state index contributed by atoms with van der Waals surface area (Å²) in [7, 11) is 0. The molecule has 86 valence electrons.